The van der Waals surface area contributed by atoms with E-state index in [1.807, 2.05) is 43.3 Å². The lowest BCUT2D eigenvalue weighted by Gasteiger charge is -1.98. The number of para-hydroxylation sites is 1. The SMILES string of the molecule is Cc1ccc(/C=C2\SC(=Nc3ccccc3C#N)NC2=O)cc1. The summed E-state index contributed by atoms with van der Waals surface area (Å²) in [5.41, 5.74) is 3.16. The summed E-state index contributed by atoms with van der Waals surface area (Å²) in [5.74, 6) is -0.177. The van der Waals surface area contributed by atoms with Crippen LogP contribution in [0.2, 0.25) is 0 Å². The van der Waals surface area contributed by atoms with Crippen LogP contribution >= 0.6 is 11.8 Å². The molecule has 1 fully saturated rings. The second-order valence-electron chi connectivity index (χ2n) is 5.02. The van der Waals surface area contributed by atoms with Gasteiger partial charge in [0.2, 0.25) is 0 Å². The fourth-order valence-corrected chi connectivity index (χ4v) is 2.90. The van der Waals surface area contributed by atoms with E-state index in [-0.39, 0.29) is 5.91 Å². The number of benzene rings is 2. The van der Waals surface area contributed by atoms with Crippen LogP contribution in [0.15, 0.2) is 58.4 Å². The van der Waals surface area contributed by atoms with E-state index in [0.29, 0.717) is 21.3 Å². The standard InChI is InChI=1S/C18H13N3OS/c1-12-6-8-13(9-7-12)10-16-17(22)21-18(23-16)20-15-5-3-2-4-14(15)11-19/h2-10H,1H3,(H,20,21,22)/b16-10-. The summed E-state index contributed by atoms with van der Waals surface area (Å²) in [6.45, 7) is 2.02. The van der Waals surface area contributed by atoms with Crippen molar-refractivity contribution in [3.63, 3.8) is 0 Å². The molecule has 0 bridgehead atoms. The van der Waals surface area contributed by atoms with E-state index in [2.05, 4.69) is 16.4 Å². The van der Waals surface area contributed by atoms with Crippen molar-refractivity contribution < 1.29 is 4.79 Å². The average Bonchev–Trinajstić information content (AvgIpc) is 2.89. The Morgan fingerprint density at radius 2 is 1.91 bits per heavy atom. The summed E-state index contributed by atoms with van der Waals surface area (Å²) in [6, 6.07) is 17.1. The number of nitrogens with one attached hydrogen (secondary N) is 1. The van der Waals surface area contributed by atoms with Gasteiger partial charge in [-0.2, -0.15) is 5.26 Å². The Morgan fingerprint density at radius 1 is 1.17 bits per heavy atom. The first-order valence-electron chi connectivity index (χ1n) is 7.01. The van der Waals surface area contributed by atoms with Crippen LogP contribution in [-0.4, -0.2) is 11.1 Å². The molecule has 4 nitrogen and oxygen atoms in total. The quantitative estimate of drug-likeness (QED) is 0.857. The second kappa shape index (κ2) is 6.51. The highest BCUT2D eigenvalue weighted by Crippen LogP contribution is 2.29. The van der Waals surface area contributed by atoms with Crippen LogP contribution in [0.4, 0.5) is 5.69 Å². The number of rotatable bonds is 2. The maximum atomic E-state index is 12.1. The summed E-state index contributed by atoms with van der Waals surface area (Å²) in [4.78, 5) is 17.0. The first kappa shape index (κ1) is 15.1. The molecule has 1 aliphatic heterocycles. The van der Waals surface area contributed by atoms with E-state index < -0.39 is 0 Å². The van der Waals surface area contributed by atoms with Crippen molar-refractivity contribution in [2.75, 3.05) is 0 Å². The minimum Gasteiger partial charge on any atom is -0.300 e. The highest BCUT2D eigenvalue weighted by atomic mass is 32.2. The monoisotopic (exact) mass is 319 g/mol. The van der Waals surface area contributed by atoms with Gasteiger partial charge >= 0.3 is 0 Å². The van der Waals surface area contributed by atoms with Gasteiger partial charge in [-0.15, -0.1) is 0 Å². The van der Waals surface area contributed by atoms with Gasteiger partial charge < -0.3 is 5.32 Å². The van der Waals surface area contributed by atoms with E-state index in [4.69, 9.17) is 5.26 Å². The molecule has 1 N–H and O–H groups in total. The molecular weight excluding hydrogens is 306 g/mol. The number of carbonyl (C=O) groups excluding carboxylic acids is 1. The Bertz CT molecular complexity index is 861. The normalized spacial score (nSPS) is 17.3. The zero-order chi connectivity index (χ0) is 16.2. The molecule has 0 aliphatic carbocycles. The van der Waals surface area contributed by atoms with Gasteiger partial charge in [0.15, 0.2) is 5.17 Å². The number of hydrogen-bond donors (Lipinski definition) is 1. The lowest BCUT2D eigenvalue weighted by atomic mass is 10.1. The third-order valence-electron chi connectivity index (χ3n) is 3.27. The van der Waals surface area contributed by atoms with Gasteiger partial charge in [0.1, 0.15) is 6.07 Å². The van der Waals surface area contributed by atoms with Crippen molar-refractivity contribution in [1.29, 1.82) is 5.26 Å². The lowest BCUT2D eigenvalue weighted by Crippen LogP contribution is -2.19. The van der Waals surface area contributed by atoms with E-state index in [9.17, 15) is 4.79 Å². The molecule has 23 heavy (non-hydrogen) atoms. The van der Waals surface area contributed by atoms with Gasteiger partial charge in [-0.3, -0.25) is 4.79 Å². The fourth-order valence-electron chi connectivity index (χ4n) is 2.07. The highest BCUT2D eigenvalue weighted by molar-refractivity contribution is 8.18. The molecule has 0 spiro atoms. The Morgan fingerprint density at radius 3 is 2.65 bits per heavy atom. The Hall–Kier alpha value is -2.84. The number of aryl methyl sites for hydroxylation is 1. The van der Waals surface area contributed by atoms with Crippen LogP contribution in [0.5, 0.6) is 0 Å². The highest BCUT2D eigenvalue weighted by Gasteiger charge is 2.24. The molecule has 112 valence electrons. The molecule has 1 aliphatic rings. The van der Waals surface area contributed by atoms with Crippen molar-refractivity contribution in [2.45, 2.75) is 6.92 Å². The van der Waals surface area contributed by atoms with Crippen LogP contribution < -0.4 is 5.32 Å². The van der Waals surface area contributed by atoms with Crippen LogP contribution in [0.3, 0.4) is 0 Å². The molecule has 2 aromatic carbocycles. The van der Waals surface area contributed by atoms with Crippen molar-refractivity contribution in [3.05, 3.63) is 70.1 Å². The van der Waals surface area contributed by atoms with Crippen molar-refractivity contribution in [2.24, 2.45) is 4.99 Å². The number of nitriles is 1. The molecule has 0 radical (unpaired) electrons. The van der Waals surface area contributed by atoms with E-state index in [1.165, 1.54) is 17.3 Å². The van der Waals surface area contributed by atoms with Crippen molar-refractivity contribution in [1.82, 2.24) is 5.32 Å². The van der Waals surface area contributed by atoms with Gasteiger partial charge in [-0.1, -0.05) is 42.0 Å². The zero-order valence-corrected chi connectivity index (χ0v) is 13.2. The zero-order valence-electron chi connectivity index (χ0n) is 12.4. The molecule has 2 aromatic rings. The average molecular weight is 319 g/mol. The number of aliphatic imine (C=N–C) groups is 1. The van der Waals surface area contributed by atoms with Gasteiger partial charge in [0.25, 0.3) is 5.91 Å². The first-order chi connectivity index (χ1) is 11.2. The molecule has 1 heterocycles. The summed E-state index contributed by atoms with van der Waals surface area (Å²) in [7, 11) is 0. The van der Waals surface area contributed by atoms with E-state index in [0.717, 1.165) is 5.56 Å². The first-order valence-corrected chi connectivity index (χ1v) is 7.83. The van der Waals surface area contributed by atoms with Crippen LogP contribution in [0, 0.1) is 18.3 Å². The number of thioether (sulfide) groups is 1. The van der Waals surface area contributed by atoms with Gasteiger partial charge in [0.05, 0.1) is 16.2 Å². The van der Waals surface area contributed by atoms with E-state index >= 15 is 0 Å². The number of amidine groups is 1. The molecule has 0 atom stereocenters. The third-order valence-corrected chi connectivity index (χ3v) is 4.18. The molecule has 0 aromatic heterocycles. The smallest absolute Gasteiger partial charge is 0.264 e. The Labute approximate surface area is 138 Å². The van der Waals surface area contributed by atoms with Gasteiger partial charge in [-0.05, 0) is 42.5 Å². The molecule has 1 saturated heterocycles. The molecule has 3 rings (SSSR count). The van der Waals surface area contributed by atoms with Crippen molar-refractivity contribution in [3.8, 4) is 6.07 Å². The predicted octanol–water partition coefficient (Wildman–Crippen LogP) is 3.76. The van der Waals surface area contributed by atoms with Gasteiger partial charge in [0, 0.05) is 0 Å². The third kappa shape index (κ3) is 3.50. The van der Waals surface area contributed by atoms with E-state index in [1.54, 1.807) is 18.2 Å². The number of amides is 1. The minimum atomic E-state index is -0.177. The number of hydrogen-bond acceptors (Lipinski definition) is 4. The second-order valence-corrected chi connectivity index (χ2v) is 6.05. The molecule has 0 unspecified atom stereocenters. The molecule has 5 heteroatoms. The summed E-state index contributed by atoms with van der Waals surface area (Å²) in [6.07, 6.45) is 1.83. The maximum Gasteiger partial charge on any atom is 0.264 e. The number of carbonyl (C=O) groups is 1. The van der Waals surface area contributed by atoms with Crippen LogP contribution in [0.25, 0.3) is 6.08 Å². The van der Waals surface area contributed by atoms with Crippen LogP contribution in [0.1, 0.15) is 16.7 Å². The Kier molecular flexibility index (Phi) is 4.26. The summed E-state index contributed by atoms with van der Waals surface area (Å²) >= 11 is 1.27. The summed E-state index contributed by atoms with van der Waals surface area (Å²) in [5, 5.41) is 12.3. The molecular formula is C18H13N3OS. The largest absolute Gasteiger partial charge is 0.300 e. The number of nitrogens with zero attached hydrogens (tertiary/aromatic N) is 2. The minimum absolute atomic E-state index is 0.177. The Balaban J connectivity index is 1.86. The molecule has 0 saturated carbocycles. The maximum absolute atomic E-state index is 12.1. The lowest BCUT2D eigenvalue weighted by molar-refractivity contribution is -0.115. The fraction of sp³-hybridized carbons (Fsp3) is 0.0556. The van der Waals surface area contributed by atoms with Crippen molar-refractivity contribution >= 4 is 34.6 Å². The van der Waals surface area contributed by atoms with Gasteiger partial charge in [-0.25, -0.2) is 4.99 Å². The topological polar surface area (TPSA) is 65.2 Å². The van der Waals surface area contributed by atoms with Crippen LogP contribution in [-0.2, 0) is 4.79 Å². The predicted molar refractivity (Wildman–Crippen MR) is 93.1 cm³/mol. The summed E-state index contributed by atoms with van der Waals surface area (Å²) < 4.78 is 0. The molecule has 1 amide bonds.